The number of thioether (sulfide) groups is 1. The van der Waals surface area contributed by atoms with E-state index >= 15 is 0 Å². The first-order valence-corrected chi connectivity index (χ1v) is 8.06. The van der Waals surface area contributed by atoms with Crippen molar-refractivity contribution in [3.63, 3.8) is 0 Å². The van der Waals surface area contributed by atoms with Crippen molar-refractivity contribution in [2.75, 3.05) is 24.8 Å². The third-order valence-corrected chi connectivity index (χ3v) is 4.17. The highest BCUT2D eigenvalue weighted by Crippen LogP contribution is 2.22. The Balaban J connectivity index is 1.94. The molecular formula is C17H19N3OS. The van der Waals surface area contributed by atoms with Gasteiger partial charge in [-0.3, -0.25) is 0 Å². The summed E-state index contributed by atoms with van der Waals surface area (Å²) in [5, 5.41) is 12.1. The monoisotopic (exact) mass is 313 g/mol. The summed E-state index contributed by atoms with van der Waals surface area (Å²) in [6.07, 6.45) is 1.57. The van der Waals surface area contributed by atoms with Crippen LogP contribution >= 0.6 is 11.8 Å². The number of hydrogen-bond donors (Lipinski definition) is 1. The molecule has 5 heteroatoms. The molecule has 0 amide bonds. The van der Waals surface area contributed by atoms with Gasteiger partial charge in [-0.25, -0.2) is 4.98 Å². The fraction of sp³-hybridized carbons (Fsp3) is 0.294. The van der Waals surface area contributed by atoms with Gasteiger partial charge in [0.05, 0.1) is 12.2 Å². The molecule has 0 aliphatic rings. The van der Waals surface area contributed by atoms with Gasteiger partial charge < -0.3 is 10.1 Å². The summed E-state index contributed by atoms with van der Waals surface area (Å²) >= 11 is 1.79. The lowest BCUT2D eigenvalue weighted by Crippen LogP contribution is -2.07. The highest BCUT2D eigenvalue weighted by atomic mass is 32.2. The van der Waals surface area contributed by atoms with Gasteiger partial charge in [0, 0.05) is 30.0 Å². The minimum atomic E-state index is 0.151. The molecule has 2 aromatic rings. The number of nitrogens with zero attached hydrogens (tertiary/aromatic N) is 2. The molecule has 0 aliphatic heterocycles. The topological polar surface area (TPSA) is 57.9 Å². The zero-order chi connectivity index (χ0) is 15.8. The van der Waals surface area contributed by atoms with E-state index in [0.717, 1.165) is 18.2 Å². The van der Waals surface area contributed by atoms with Crippen molar-refractivity contribution in [1.82, 2.24) is 4.98 Å². The van der Waals surface area contributed by atoms with Gasteiger partial charge in [-0.2, -0.15) is 5.26 Å². The Morgan fingerprint density at radius 2 is 2.05 bits per heavy atom. The second-order valence-corrected chi connectivity index (χ2v) is 5.99. The normalized spacial score (nSPS) is 11.7. The fourth-order valence-electron chi connectivity index (χ4n) is 1.95. The zero-order valence-electron chi connectivity index (χ0n) is 12.7. The maximum Gasteiger partial charge on any atom is 0.126 e. The largest absolute Gasteiger partial charge is 0.384 e. The molecular weight excluding hydrogens is 294 g/mol. The molecule has 0 spiro atoms. The predicted molar refractivity (Wildman–Crippen MR) is 90.0 cm³/mol. The first-order valence-electron chi connectivity index (χ1n) is 7.07. The minimum absolute atomic E-state index is 0.151. The Morgan fingerprint density at radius 3 is 2.64 bits per heavy atom. The highest BCUT2D eigenvalue weighted by molar-refractivity contribution is 7.99. The quantitative estimate of drug-likeness (QED) is 0.621. The number of methoxy groups -OCH3 is 1. The van der Waals surface area contributed by atoms with Crippen molar-refractivity contribution in [2.45, 2.75) is 17.9 Å². The van der Waals surface area contributed by atoms with Crippen LogP contribution in [0, 0.1) is 11.3 Å². The van der Waals surface area contributed by atoms with E-state index in [9.17, 15) is 0 Å². The number of hydrogen-bond acceptors (Lipinski definition) is 5. The fourth-order valence-corrected chi connectivity index (χ4v) is 2.76. The van der Waals surface area contributed by atoms with Gasteiger partial charge in [0.2, 0.25) is 0 Å². The summed E-state index contributed by atoms with van der Waals surface area (Å²) in [7, 11) is 1.72. The predicted octanol–water partition coefficient (Wildman–Crippen LogP) is 3.86. The molecule has 4 nitrogen and oxygen atoms in total. The zero-order valence-corrected chi connectivity index (χ0v) is 13.6. The second-order valence-electron chi connectivity index (χ2n) is 4.82. The van der Waals surface area contributed by atoms with E-state index in [0.29, 0.717) is 5.56 Å². The van der Waals surface area contributed by atoms with Gasteiger partial charge in [0.25, 0.3) is 0 Å². The number of benzene rings is 1. The first kappa shape index (κ1) is 16.3. The Labute approximate surface area is 135 Å². The molecule has 1 aromatic heterocycles. The van der Waals surface area contributed by atoms with E-state index in [-0.39, 0.29) is 6.04 Å². The minimum Gasteiger partial charge on any atom is -0.384 e. The maximum atomic E-state index is 8.77. The molecule has 114 valence electrons. The molecule has 2 rings (SSSR count). The summed E-state index contributed by atoms with van der Waals surface area (Å²) in [6.45, 7) is 2.85. The van der Waals surface area contributed by atoms with Gasteiger partial charge in [0.15, 0.2) is 0 Å². The molecule has 1 atom stereocenters. The molecule has 0 radical (unpaired) electrons. The van der Waals surface area contributed by atoms with Crippen LogP contribution in [0.2, 0.25) is 0 Å². The summed E-state index contributed by atoms with van der Waals surface area (Å²) in [5.41, 5.74) is 1.76. The van der Waals surface area contributed by atoms with Crippen molar-refractivity contribution >= 4 is 17.6 Å². The Hall–Kier alpha value is -2.03. The number of nitrogens with one attached hydrogen (secondary N) is 1. The molecule has 0 aliphatic carbocycles. The first-order chi connectivity index (χ1) is 10.7. The molecule has 0 saturated heterocycles. The van der Waals surface area contributed by atoms with Crippen molar-refractivity contribution in [2.24, 2.45) is 0 Å². The molecule has 0 fully saturated rings. The average molecular weight is 313 g/mol. The lowest BCUT2D eigenvalue weighted by atomic mass is 10.1. The van der Waals surface area contributed by atoms with E-state index in [1.807, 2.05) is 6.07 Å². The lowest BCUT2D eigenvalue weighted by Gasteiger charge is -2.15. The molecule has 22 heavy (non-hydrogen) atoms. The van der Waals surface area contributed by atoms with Crippen LogP contribution in [-0.4, -0.2) is 24.5 Å². The highest BCUT2D eigenvalue weighted by Gasteiger charge is 2.06. The Morgan fingerprint density at radius 1 is 1.27 bits per heavy atom. The average Bonchev–Trinajstić information content (AvgIpc) is 2.56. The summed E-state index contributed by atoms with van der Waals surface area (Å²) in [4.78, 5) is 5.47. The number of anilines is 1. The third kappa shape index (κ3) is 4.76. The van der Waals surface area contributed by atoms with Crippen molar-refractivity contribution in [3.8, 4) is 6.07 Å². The SMILES string of the molecule is COCCSc1ccc(C(C)Nc2ccc(C#N)cn2)cc1. The van der Waals surface area contributed by atoms with Crippen LogP contribution in [0.3, 0.4) is 0 Å². The third-order valence-electron chi connectivity index (χ3n) is 3.19. The van der Waals surface area contributed by atoms with Crippen LogP contribution in [0.15, 0.2) is 47.5 Å². The van der Waals surface area contributed by atoms with Gasteiger partial charge >= 0.3 is 0 Å². The molecule has 1 unspecified atom stereocenters. The number of aromatic nitrogens is 1. The molecule has 0 saturated carbocycles. The van der Waals surface area contributed by atoms with E-state index in [4.69, 9.17) is 10.00 Å². The van der Waals surface area contributed by atoms with E-state index in [1.165, 1.54) is 10.5 Å². The summed E-state index contributed by atoms with van der Waals surface area (Å²) in [6, 6.07) is 14.3. The summed E-state index contributed by atoms with van der Waals surface area (Å²) < 4.78 is 5.05. The maximum absolute atomic E-state index is 8.77. The lowest BCUT2D eigenvalue weighted by molar-refractivity contribution is 0.218. The van der Waals surface area contributed by atoms with Crippen LogP contribution < -0.4 is 5.32 Å². The van der Waals surface area contributed by atoms with Crippen LogP contribution in [0.25, 0.3) is 0 Å². The molecule has 0 bridgehead atoms. The van der Waals surface area contributed by atoms with E-state index in [1.54, 1.807) is 31.1 Å². The van der Waals surface area contributed by atoms with Crippen LogP contribution in [0.5, 0.6) is 0 Å². The van der Waals surface area contributed by atoms with Gasteiger partial charge in [0.1, 0.15) is 11.9 Å². The van der Waals surface area contributed by atoms with Gasteiger partial charge in [-0.05, 0) is 36.8 Å². The molecule has 1 N–H and O–H groups in total. The number of rotatable bonds is 7. The van der Waals surface area contributed by atoms with Crippen LogP contribution in [0.4, 0.5) is 5.82 Å². The van der Waals surface area contributed by atoms with Gasteiger partial charge in [-0.15, -0.1) is 11.8 Å². The standard InChI is InChI=1S/C17H19N3OS/c1-13(20-17-8-3-14(11-18)12-19-17)15-4-6-16(7-5-15)22-10-9-21-2/h3-8,12-13H,9-10H2,1-2H3,(H,19,20). The Bertz CT molecular complexity index is 620. The molecule has 1 aromatic carbocycles. The molecule has 1 heterocycles. The van der Waals surface area contributed by atoms with Crippen LogP contribution in [0.1, 0.15) is 24.1 Å². The van der Waals surface area contributed by atoms with E-state index < -0.39 is 0 Å². The van der Waals surface area contributed by atoms with Crippen LogP contribution in [-0.2, 0) is 4.74 Å². The second kappa shape index (κ2) is 8.42. The Kier molecular flexibility index (Phi) is 6.26. The van der Waals surface area contributed by atoms with Crippen molar-refractivity contribution in [1.29, 1.82) is 5.26 Å². The van der Waals surface area contributed by atoms with Crippen molar-refractivity contribution < 1.29 is 4.74 Å². The number of nitriles is 1. The number of ether oxygens (including phenoxy) is 1. The van der Waals surface area contributed by atoms with Crippen molar-refractivity contribution in [3.05, 3.63) is 53.7 Å². The van der Waals surface area contributed by atoms with Gasteiger partial charge in [-0.1, -0.05) is 12.1 Å². The summed E-state index contributed by atoms with van der Waals surface area (Å²) in [5.74, 6) is 1.73. The van der Waals surface area contributed by atoms with E-state index in [2.05, 4.69) is 47.6 Å². The number of pyridine rings is 1. The smallest absolute Gasteiger partial charge is 0.126 e.